The van der Waals surface area contributed by atoms with Crippen molar-refractivity contribution >= 4 is 33.1 Å². The zero-order valence-corrected chi connectivity index (χ0v) is 28.4. The second-order valence-corrected chi connectivity index (χ2v) is 13.1. The molecule has 3 heterocycles. The van der Waals surface area contributed by atoms with Gasteiger partial charge in [-0.1, -0.05) is 84.9 Å². The van der Waals surface area contributed by atoms with Crippen molar-refractivity contribution in [3.8, 4) is 51.2 Å². The third-order valence-electron chi connectivity index (χ3n) is 9.68. The second-order valence-electron chi connectivity index (χ2n) is 13.1. The molecule has 6 heteroatoms. The van der Waals surface area contributed by atoms with Crippen LogP contribution in [0.15, 0.2) is 176 Å². The Hall–Kier alpha value is -7.05. The first-order valence-electron chi connectivity index (χ1n) is 17.5. The van der Waals surface area contributed by atoms with Gasteiger partial charge in [0.2, 0.25) is 0 Å². The Labute approximate surface area is 300 Å². The van der Waals surface area contributed by atoms with Crippen LogP contribution in [-0.4, -0.2) is 28.7 Å². The van der Waals surface area contributed by atoms with Crippen molar-refractivity contribution in [1.29, 1.82) is 0 Å². The predicted molar refractivity (Wildman–Crippen MR) is 211 cm³/mol. The Kier molecular flexibility index (Phi) is 6.93. The average molecular weight is 669 g/mol. The van der Waals surface area contributed by atoms with Gasteiger partial charge in [0.1, 0.15) is 17.5 Å². The molecule has 3 aromatic heterocycles. The molecular formula is C46H32N6. The SMILES string of the molecule is Cc1ccc2c(c1)nc(-c1cc(-c3nc4ccccc4n3-c3ccccc3)cc(-c3nc4ccccc4n3-c3ccccc3)c1)n2-c1ccccc1. The van der Waals surface area contributed by atoms with Crippen molar-refractivity contribution in [2.75, 3.05) is 0 Å². The molecule has 0 radical (unpaired) electrons. The minimum Gasteiger partial charge on any atom is -0.292 e. The molecule has 0 atom stereocenters. The zero-order chi connectivity index (χ0) is 34.6. The maximum Gasteiger partial charge on any atom is 0.145 e. The lowest BCUT2D eigenvalue weighted by molar-refractivity contribution is 1.09. The highest BCUT2D eigenvalue weighted by atomic mass is 15.1. The Balaban J connectivity index is 1.32. The van der Waals surface area contributed by atoms with Crippen LogP contribution in [0, 0.1) is 6.92 Å². The number of fused-ring (bicyclic) bond motifs is 3. The minimum absolute atomic E-state index is 0.844. The summed E-state index contributed by atoms with van der Waals surface area (Å²) in [5.74, 6) is 2.53. The van der Waals surface area contributed by atoms with Gasteiger partial charge in [-0.3, -0.25) is 13.7 Å². The van der Waals surface area contributed by atoms with Crippen molar-refractivity contribution in [2.45, 2.75) is 6.92 Å². The van der Waals surface area contributed by atoms with Crippen molar-refractivity contribution in [1.82, 2.24) is 28.7 Å². The van der Waals surface area contributed by atoms with Gasteiger partial charge in [0.25, 0.3) is 0 Å². The highest BCUT2D eigenvalue weighted by molar-refractivity contribution is 5.90. The zero-order valence-electron chi connectivity index (χ0n) is 28.4. The van der Waals surface area contributed by atoms with Gasteiger partial charge >= 0.3 is 0 Å². The Morgan fingerprint density at radius 1 is 0.327 bits per heavy atom. The molecule has 0 unspecified atom stereocenters. The first kappa shape index (κ1) is 29.8. The van der Waals surface area contributed by atoms with Crippen LogP contribution in [0.3, 0.4) is 0 Å². The monoisotopic (exact) mass is 668 g/mol. The van der Waals surface area contributed by atoms with Gasteiger partial charge in [0.15, 0.2) is 0 Å². The topological polar surface area (TPSA) is 53.5 Å². The highest BCUT2D eigenvalue weighted by Gasteiger charge is 2.22. The first-order chi connectivity index (χ1) is 25.7. The number of aryl methyl sites for hydroxylation is 1. The van der Waals surface area contributed by atoms with E-state index in [1.165, 1.54) is 5.56 Å². The normalized spacial score (nSPS) is 11.6. The van der Waals surface area contributed by atoms with Crippen LogP contribution in [0.25, 0.3) is 84.3 Å². The lowest BCUT2D eigenvalue weighted by atomic mass is 10.0. The van der Waals surface area contributed by atoms with Crippen LogP contribution in [0.1, 0.15) is 5.56 Å². The van der Waals surface area contributed by atoms with Crippen LogP contribution >= 0.6 is 0 Å². The third kappa shape index (κ3) is 4.92. The Morgan fingerprint density at radius 2 is 0.673 bits per heavy atom. The van der Waals surface area contributed by atoms with E-state index in [4.69, 9.17) is 15.0 Å². The molecule has 0 aliphatic carbocycles. The van der Waals surface area contributed by atoms with Gasteiger partial charge in [-0.05, 0) is 103 Å². The van der Waals surface area contributed by atoms with Crippen LogP contribution < -0.4 is 0 Å². The van der Waals surface area contributed by atoms with Crippen LogP contribution in [0.2, 0.25) is 0 Å². The number of rotatable bonds is 6. The molecule has 0 aliphatic rings. The Bertz CT molecular complexity index is 2760. The predicted octanol–water partition coefficient (Wildman–Crippen LogP) is 11.0. The molecule has 52 heavy (non-hydrogen) atoms. The molecule has 0 fully saturated rings. The van der Waals surface area contributed by atoms with E-state index in [1.54, 1.807) is 0 Å². The van der Waals surface area contributed by atoms with E-state index in [9.17, 15) is 0 Å². The molecule has 0 spiro atoms. The van der Waals surface area contributed by atoms with Crippen molar-refractivity contribution < 1.29 is 0 Å². The average Bonchev–Trinajstić information content (AvgIpc) is 3.90. The lowest BCUT2D eigenvalue weighted by Gasteiger charge is -2.15. The third-order valence-corrected chi connectivity index (χ3v) is 9.68. The van der Waals surface area contributed by atoms with E-state index >= 15 is 0 Å². The smallest absolute Gasteiger partial charge is 0.145 e. The van der Waals surface area contributed by atoms with Crippen molar-refractivity contribution in [3.05, 3.63) is 181 Å². The summed E-state index contributed by atoms with van der Waals surface area (Å²) in [6.45, 7) is 2.11. The number of hydrogen-bond donors (Lipinski definition) is 0. The summed E-state index contributed by atoms with van der Waals surface area (Å²) in [5.41, 5.74) is 13.1. The van der Waals surface area contributed by atoms with Crippen molar-refractivity contribution in [2.24, 2.45) is 0 Å². The van der Waals surface area contributed by atoms with E-state index in [0.717, 1.165) is 84.3 Å². The fourth-order valence-corrected chi connectivity index (χ4v) is 7.35. The van der Waals surface area contributed by atoms with E-state index in [2.05, 4.69) is 166 Å². The number of para-hydroxylation sites is 7. The quantitative estimate of drug-likeness (QED) is 0.177. The summed E-state index contributed by atoms with van der Waals surface area (Å²) in [6.07, 6.45) is 0. The standard InChI is InChI=1S/C46H32N6/c1-31-25-26-43-40(27-31)49-46(52(43)37-19-9-4-10-20-37)34-29-32(44-47-38-21-11-13-23-41(38)50(44)35-15-5-2-6-16-35)28-33(30-34)45-48-39-22-12-14-24-42(39)51(45)36-17-7-3-8-18-36/h2-30H,1H3. The van der Waals surface area contributed by atoms with Gasteiger partial charge < -0.3 is 0 Å². The second kappa shape index (κ2) is 12.1. The van der Waals surface area contributed by atoms with Crippen LogP contribution in [0.5, 0.6) is 0 Å². The number of aromatic nitrogens is 6. The lowest BCUT2D eigenvalue weighted by Crippen LogP contribution is -2.02. The summed E-state index contributed by atoms with van der Waals surface area (Å²) in [5, 5.41) is 0. The maximum atomic E-state index is 5.34. The molecule has 7 aromatic carbocycles. The molecule has 10 aromatic rings. The number of benzene rings is 7. The summed E-state index contributed by atoms with van der Waals surface area (Å²) < 4.78 is 6.77. The van der Waals surface area contributed by atoms with Crippen LogP contribution in [0.4, 0.5) is 0 Å². The highest BCUT2D eigenvalue weighted by Crippen LogP contribution is 2.38. The largest absolute Gasteiger partial charge is 0.292 e. The Morgan fingerprint density at radius 3 is 1.10 bits per heavy atom. The van der Waals surface area contributed by atoms with Gasteiger partial charge in [0, 0.05) is 33.8 Å². The molecule has 0 bridgehead atoms. The van der Waals surface area contributed by atoms with Crippen molar-refractivity contribution in [3.63, 3.8) is 0 Å². The van der Waals surface area contributed by atoms with E-state index in [0.29, 0.717) is 0 Å². The summed E-state index contributed by atoms with van der Waals surface area (Å²) >= 11 is 0. The van der Waals surface area contributed by atoms with Gasteiger partial charge in [-0.25, -0.2) is 15.0 Å². The molecular weight excluding hydrogens is 637 g/mol. The molecule has 0 N–H and O–H groups in total. The first-order valence-corrected chi connectivity index (χ1v) is 17.5. The molecule has 0 saturated carbocycles. The van der Waals surface area contributed by atoms with Gasteiger partial charge in [0.05, 0.1) is 33.1 Å². The van der Waals surface area contributed by atoms with Crippen LogP contribution in [-0.2, 0) is 0 Å². The fraction of sp³-hybridized carbons (Fsp3) is 0.0217. The van der Waals surface area contributed by atoms with E-state index in [1.807, 2.05) is 30.3 Å². The summed E-state index contributed by atoms with van der Waals surface area (Å²) in [4.78, 5) is 15.9. The fourth-order valence-electron chi connectivity index (χ4n) is 7.35. The summed E-state index contributed by atoms with van der Waals surface area (Å²) in [7, 11) is 0. The maximum absolute atomic E-state index is 5.34. The van der Waals surface area contributed by atoms with E-state index in [-0.39, 0.29) is 0 Å². The molecule has 246 valence electrons. The number of nitrogens with zero attached hydrogens (tertiary/aromatic N) is 6. The summed E-state index contributed by atoms with van der Waals surface area (Å²) in [6, 6.07) is 61.2. The molecule has 0 saturated heterocycles. The number of imidazole rings is 3. The number of hydrogen-bond acceptors (Lipinski definition) is 3. The molecule has 6 nitrogen and oxygen atoms in total. The molecule has 0 aliphatic heterocycles. The van der Waals surface area contributed by atoms with Gasteiger partial charge in [-0.15, -0.1) is 0 Å². The van der Waals surface area contributed by atoms with E-state index < -0.39 is 0 Å². The minimum atomic E-state index is 0.844. The van der Waals surface area contributed by atoms with Gasteiger partial charge in [-0.2, -0.15) is 0 Å². The molecule has 0 amide bonds. The molecule has 10 rings (SSSR count).